The van der Waals surface area contributed by atoms with Crippen LogP contribution in [0.25, 0.3) is 0 Å². The monoisotopic (exact) mass is 223 g/mol. The van der Waals surface area contributed by atoms with Crippen LogP contribution in [0.2, 0.25) is 0 Å². The van der Waals surface area contributed by atoms with E-state index in [9.17, 15) is 14.3 Å². The summed E-state index contributed by atoms with van der Waals surface area (Å²) in [6.45, 7) is 2.65. The van der Waals surface area contributed by atoms with E-state index in [1.807, 2.05) is 0 Å². The zero-order valence-corrected chi connectivity index (χ0v) is 9.11. The van der Waals surface area contributed by atoms with E-state index in [1.54, 1.807) is 11.8 Å². The van der Waals surface area contributed by atoms with Crippen molar-refractivity contribution in [2.45, 2.75) is 19.4 Å². The standard InChI is InChI=1S/C12H14FNO2/c1-8-6-9(13)2-3-11(8)12(16)14-5-4-10(15)7-14/h2-3,6,10,15H,4-5,7H2,1H3/t10-/m0/s1. The van der Waals surface area contributed by atoms with E-state index >= 15 is 0 Å². The number of carbonyl (C=O) groups excluding carboxylic acids is 1. The summed E-state index contributed by atoms with van der Waals surface area (Å²) < 4.78 is 12.9. The fourth-order valence-corrected chi connectivity index (χ4v) is 1.96. The van der Waals surface area contributed by atoms with Gasteiger partial charge in [0.15, 0.2) is 0 Å². The smallest absolute Gasteiger partial charge is 0.254 e. The third-order valence-electron chi connectivity index (χ3n) is 2.87. The molecule has 86 valence electrons. The van der Waals surface area contributed by atoms with Crippen molar-refractivity contribution in [3.05, 3.63) is 35.1 Å². The molecule has 1 saturated heterocycles. The molecule has 1 heterocycles. The number of β-amino-alcohol motifs (C(OH)–C–C–N with tert-alkyl or cyclic N) is 1. The highest BCUT2D eigenvalue weighted by atomic mass is 19.1. The summed E-state index contributed by atoms with van der Waals surface area (Å²) in [5.74, 6) is -0.468. The van der Waals surface area contributed by atoms with Crippen LogP contribution in [0.15, 0.2) is 18.2 Å². The van der Waals surface area contributed by atoms with E-state index in [1.165, 1.54) is 18.2 Å². The zero-order valence-electron chi connectivity index (χ0n) is 9.11. The number of aryl methyl sites for hydroxylation is 1. The Kier molecular flexibility index (Phi) is 2.92. The number of likely N-dealkylation sites (tertiary alicyclic amines) is 1. The van der Waals surface area contributed by atoms with Crippen LogP contribution in [0, 0.1) is 12.7 Å². The van der Waals surface area contributed by atoms with Crippen molar-refractivity contribution >= 4 is 5.91 Å². The highest BCUT2D eigenvalue weighted by Gasteiger charge is 2.26. The Balaban J connectivity index is 2.21. The molecule has 0 bridgehead atoms. The van der Waals surface area contributed by atoms with Crippen molar-refractivity contribution < 1.29 is 14.3 Å². The molecule has 1 fully saturated rings. The van der Waals surface area contributed by atoms with E-state index in [-0.39, 0.29) is 11.7 Å². The molecule has 2 rings (SSSR count). The fourth-order valence-electron chi connectivity index (χ4n) is 1.96. The molecule has 16 heavy (non-hydrogen) atoms. The first-order valence-electron chi connectivity index (χ1n) is 5.31. The highest BCUT2D eigenvalue weighted by Crippen LogP contribution is 2.17. The Hall–Kier alpha value is -1.42. The molecule has 0 saturated carbocycles. The molecule has 1 aliphatic heterocycles. The van der Waals surface area contributed by atoms with Crippen molar-refractivity contribution in [3.8, 4) is 0 Å². The van der Waals surface area contributed by atoms with E-state index in [0.29, 0.717) is 30.6 Å². The fraction of sp³-hybridized carbons (Fsp3) is 0.417. The van der Waals surface area contributed by atoms with Gasteiger partial charge in [0, 0.05) is 18.7 Å². The van der Waals surface area contributed by atoms with E-state index in [4.69, 9.17) is 0 Å². The lowest BCUT2D eigenvalue weighted by Gasteiger charge is -2.16. The van der Waals surface area contributed by atoms with E-state index < -0.39 is 6.10 Å². The summed E-state index contributed by atoms with van der Waals surface area (Å²) in [5.41, 5.74) is 1.14. The molecule has 1 aromatic carbocycles. The average Bonchev–Trinajstić information content (AvgIpc) is 2.64. The van der Waals surface area contributed by atoms with Gasteiger partial charge in [-0.3, -0.25) is 4.79 Å². The Labute approximate surface area is 93.5 Å². The molecule has 1 atom stereocenters. The van der Waals surface area contributed by atoms with Gasteiger partial charge in [0.05, 0.1) is 6.10 Å². The van der Waals surface area contributed by atoms with Gasteiger partial charge in [0.25, 0.3) is 5.91 Å². The van der Waals surface area contributed by atoms with Crippen molar-refractivity contribution in [3.63, 3.8) is 0 Å². The van der Waals surface area contributed by atoms with Crippen molar-refractivity contribution in [1.29, 1.82) is 0 Å². The number of amides is 1. The number of carbonyl (C=O) groups is 1. The molecule has 1 N–H and O–H groups in total. The lowest BCUT2D eigenvalue weighted by atomic mass is 10.1. The lowest BCUT2D eigenvalue weighted by molar-refractivity contribution is 0.0764. The largest absolute Gasteiger partial charge is 0.391 e. The molecule has 0 radical (unpaired) electrons. The van der Waals surface area contributed by atoms with Gasteiger partial charge in [-0.1, -0.05) is 0 Å². The van der Waals surface area contributed by atoms with Crippen LogP contribution in [-0.4, -0.2) is 35.1 Å². The minimum atomic E-state index is -0.426. The van der Waals surface area contributed by atoms with Crippen LogP contribution in [-0.2, 0) is 0 Å². The molecule has 3 nitrogen and oxygen atoms in total. The quantitative estimate of drug-likeness (QED) is 0.780. The summed E-state index contributed by atoms with van der Waals surface area (Å²) in [6, 6.07) is 4.13. The number of hydrogen-bond acceptors (Lipinski definition) is 2. The van der Waals surface area contributed by atoms with Gasteiger partial charge in [-0.25, -0.2) is 4.39 Å². The van der Waals surface area contributed by atoms with Gasteiger partial charge < -0.3 is 10.0 Å². The second-order valence-corrected chi connectivity index (χ2v) is 4.15. The molecule has 0 unspecified atom stereocenters. The Morgan fingerprint density at radius 1 is 1.56 bits per heavy atom. The minimum Gasteiger partial charge on any atom is -0.391 e. The van der Waals surface area contributed by atoms with E-state index in [2.05, 4.69) is 0 Å². The Morgan fingerprint density at radius 3 is 2.88 bits per heavy atom. The third-order valence-corrected chi connectivity index (χ3v) is 2.87. The van der Waals surface area contributed by atoms with Gasteiger partial charge in [-0.2, -0.15) is 0 Å². The highest BCUT2D eigenvalue weighted by molar-refractivity contribution is 5.95. The number of aliphatic hydroxyl groups excluding tert-OH is 1. The molecule has 1 amide bonds. The minimum absolute atomic E-state index is 0.131. The SMILES string of the molecule is Cc1cc(F)ccc1C(=O)N1CC[C@H](O)C1. The summed E-state index contributed by atoms with van der Waals surface area (Å²) in [6.07, 6.45) is 0.191. The lowest BCUT2D eigenvalue weighted by Crippen LogP contribution is -2.30. The maximum absolute atomic E-state index is 12.9. The Morgan fingerprint density at radius 2 is 2.31 bits per heavy atom. The van der Waals surface area contributed by atoms with Crippen LogP contribution in [0.1, 0.15) is 22.3 Å². The molecule has 4 heteroatoms. The second kappa shape index (κ2) is 4.22. The van der Waals surface area contributed by atoms with Gasteiger partial charge in [0.1, 0.15) is 5.82 Å². The predicted octanol–water partition coefficient (Wildman–Crippen LogP) is 1.34. The molecule has 1 aromatic rings. The predicted molar refractivity (Wildman–Crippen MR) is 57.7 cm³/mol. The maximum atomic E-state index is 12.9. The number of halogens is 1. The van der Waals surface area contributed by atoms with Gasteiger partial charge in [-0.15, -0.1) is 0 Å². The van der Waals surface area contributed by atoms with Crippen LogP contribution < -0.4 is 0 Å². The van der Waals surface area contributed by atoms with Crippen molar-refractivity contribution in [2.24, 2.45) is 0 Å². The molecular formula is C12H14FNO2. The number of aliphatic hydroxyl groups is 1. The zero-order chi connectivity index (χ0) is 11.7. The second-order valence-electron chi connectivity index (χ2n) is 4.15. The van der Waals surface area contributed by atoms with Crippen molar-refractivity contribution in [1.82, 2.24) is 4.90 Å². The number of rotatable bonds is 1. The van der Waals surface area contributed by atoms with Crippen LogP contribution in [0.3, 0.4) is 0 Å². The van der Waals surface area contributed by atoms with E-state index in [0.717, 1.165) is 0 Å². The molecule has 0 spiro atoms. The Bertz CT molecular complexity index is 419. The van der Waals surface area contributed by atoms with Crippen molar-refractivity contribution in [2.75, 3.05) is 13.1 Å². The summed E-state index contributed by atoms with van der Waals surface area (Å²) in [5, 5.41) is 9.35. The summed E-state index contributed by atoms with van der Waals surface area (Å²) in [4.78, 5) is 13.6. The molecule has 1 aliphatic rings. The van der Waals surface area contributed by atoms with Gasteiger partial charge >= 0.3 is 0 Å². The summed E-state index contributed by atoms with van der Waals surface area (Å²) in [7, 11) is 0. The maximum Gasteiger partial charge on any atom is 0.254 e. The third kappa shape index (κ3) is 2.07. The normalized spacial score (nSPS) is 20.2. The first-order valence-corrected chi connectivity index (χ1v) is 5.31. The van der Waals surface area contributed by atoms with Crippen LogP contribution in [0.4, 0.5) is 4.39 Å². The number of hydrogen-bond donors (Lipinski definition) is 1. The van der Waals surface area contributed by atoms with Gasteiger partial charge in [0.2, 0.25) is 0 Å². The summed E-state index contributed by atoms with van der Waals surface area (Å²) >= 11 is 0. The first-order chi connectivity index (χ1) is 7.58. The average molecular weight is 223 g/mol. The van der Waals surface area contributed by atoms with Gasteiger partial charge in [-0.05, 0) is 37.1 Å². The molecule has 0 aromatic heterocycles. The molecule has 0 aliphatic carbocycles. The number of nitrogens with zero attached hydrogens (tertiary/aromatic N) is 1. The number of benzene rings is 1. The topological polar surface area (TPSA) is 40.5 Å². The molecular weight excluding hydrogens is 209 g/mol. The van der Waals surface area contributed by atoms with Crippen LogP contribution in [0.5, 0.6) is 0 Å². The first kappa shape index (κ1) is 11.1. The van der Waals surface area contributed by atoms with Crippen LogP contribution >= 0.6 is 0 Å².